The van der Waals surface area contributed by atoms with Gasteiger partial charge in [0.05, 0.1) is 15.6 Å². The van der Waals surface area contributed by atoms with Crippen LogP contribution in [-0.2, 0) is 6.42 Å². The van der Waals surface area contributed by atoms with E-state index in [0.29, 0.717) is 6.54 Å². The van der Waals surface area contributed by atoms with E-state index in [1.54, 1.807) is 11.9 Å². The van der Waals surface area contributed by atoms with Crippen molar-refractivity contribution in [1.29, 1.82) is 0 Å². The summed E-state index contributed by atoms with van der Waals surface area (Å²) in [6, 6.07) is -0.745. The van der Waals surface area contributed by atoms with Crippen molar-refractivity contribution in [1.82, 2.24) is 9.88 Å². The van der Waals surface area contributed by atoms with Gasteiger partial charge in [-0.2, -0.15) is 0 Å². The first kappa shape index (κ1) is 9.98. The lowest BCUT2D eigenvalue weighted by atomic mass is 10.1. The highest BCUT2D eigenvalue weighted by molar-refractivity contribution is 7.11. The van der Waals surface area contributed by atoms with Crippen LogP contribution in [0.5, 0.6) is 0 Å². The van der Waals surface area contributed by atoms with Gasteiger partial charge < -0.3 is 0 Å². The zero-order valence-electron chi connectivity index (χ0n) is 8.13. The molecule has 1 unspecified atom stereocenters. The molecular formula is C9H12F2N2S. The second kappa shape index (κ2) is 3.55. The highest BCUT2D eigenvalue weighted by Gasteiger charge is 2.34. The second-order valence-corrected chi connectivity index (χ2v) is 4.79. The maximum Gasteiger partial charge on any atom is 0.258 e. The number of thiazole rings is 1. The van der Waals surface area contributed by atoms with E-state index >= 15 is 0 Å². The van der Waals surface area contributed by atoms with E-state index < -0.39 is 12.5 Å². The van der Waals surface area contributed by atoms with Crippen molar-refractivity contribution >= 4 is 11.3 Å². The molecule has 78 valence electrons. The van der Waals surface area contributed by atoms with Crippen LogP contribution < -0.4 is 0 Å². The van der Waals surface area contributed by atoms with E-state index in [1.807, 2.05) is 6.92 Å². The number of fused-ring (bicyclic) bond motifs is 1. The van der Waals surface area contributed by atoms with Gasteiger partial charge in [-0.3, -0.25) is 4.90 Å². The van der Waals surface area contributed by atoms with Gasteiger partial charge in [-0.25, -0.2) is 13.8 Å². The zero-order valence-corrected chi connectivity index (χ0v) is 8.94. The Labute approximate surface area is 85.6 Å². The molecule has 0 fully saturated rings. The molecule has 0 spiro atoms. The van der Waals surface area contributed by atoms with Gasteiger partial charge in [-0.05, 0) is 14.0 Å². The molecule has 1 aliphatic rings. The molecule has 2 rings (SSSR count). The molecule has 0 N–H and O–H groups in total. The minimum Gasteiger partial charge on any atom is -0.293 e. The van der Waals surface area contributed by atoms with Gasteiger partial charge >= 0.3 is 0 Å². The summed E-state index contributed by atoms with van der Waals surface area (Å²) in [5.41, 5.74) is 0.871. The van der Waals surface area contributed by atoms with E-state index in [4.69, 9.17) is 0 Å². The van der Waals surface area contributed by atoms with E-state index in [2.05, 4.69) is 4.98 Å². The molecule has 0 saturated carbocycles. The molecule has 5 heteroatoms. The Bertz CT molecular complexity index is 338. The lowest BCUT2D eigenvalue weighted by Gasteiger charge is -2.30. The Kier molecular flexibility index (Phi) is 2.53. The van der Waals surface area contributed by atoms with Crippen molar-refractivity contribution in [3.8, 4) is 0 Å². The molecule has 2 heterocycles. The number of alkyl halides is 2. The topological polar surface area (TPSA) is 16.1 Å². The molecule has 1 aliphatic heterocycles. The third-order valence-corrected chi connectivity index (χ3v) is 3.60. The standard InChI is InChI=1S/C9H12F2N2S/c1-5-12-6-3-4-13(2)7(9(10)11)8(6)14-5/h7,9H,3-4H2,1-2H3. The molecule has 14 heavy (non-hydrogen) atoms. The minimum absolute atomic E-state index is 0.672. The summed E-state index contributed by atoms with van der Waals surface area (Å²) in [6.07, 6.45) is -1.53. The predicted octanol–water partition coefficient (Wildman–Crippen LogP) is 2.25. The molecule has 0 aromatic carbocycles. The monoisotopic (exact) mass is 218 g/mol. The van der Waals surface area contributed by atoms with E-state index in [1.165, 1.54) is 11.3 Å². The molecule has 1 aromatic rings. The Hall–Kier alpha value is -0.550. The van der Waals surface area contributed by atoms with Gasteiger partial charge in [-0.15, -0.1) is 11.3 Å². The smallest absolute Gasteiger partial charge is 0.258 e. The first-order chi connectivity index (χ1) is 6.59. The Morgan fingerprint density at radius 3 is 2.93 bits per heavy atom. The van der Waals surface area contributed by atoms with E-state index in [-0.39, 0.29) is 0 Å². The summed E-state index contributed by atoms with van der Waals surface area (Å²) in [6.45, 7) is 2.54. The molecule has 0 bridgehead atoms. The maximum atomic E-state index is 12.8. The van der Waals surface area contributed by atoms with Crippen LogP contribution in [0.4, 0.5) is 8.78 Å². The number of hydrogen-bond acceptors (Lipinski definition) is 3. The fraction of sp³-hybridized carbons (Fsp3) is 0.667. The average Bonchev–Trinajstić information content (AvgIpc) is 2.43. The molecule has 0 aliphatic carbocycles. The van der Waals surface area contributed by atoms with Crippen LogP contribution in [0.25, 0.3) is 0 Å². The highest BCUT2D eigenvalue weighted by Crippen LogP contribution is 2.36. The number of hydrogen-bond donors (Lipinski definition) is 0. The largest absolute Gasteiger partial charge is 0.293 e. The van der Waals surface area contributed by atoms with Crippen molar-refractivity contribution in [3.63, 3.8) is 0 Å². The summed E-state index contributed by atoms with van der Waals surface area (Å²) >= 11 is 1.40. The first-order valence-electron chi connectivity index (χ1n) is 4.54. The van der Waals surface area contributed by atoms with Gasteiger partial charge in [0.2, 0.25) is 0 Å². The fourth-order valence-electron chi connectivity index (χ4n) is 1.82. The molecule has 1 atom stereocenters. The Morgan fingerprint density at radius 1 is 1.57 bits per heavy atom. The van der Waals surface area contributed by atoms with Crippen molar-refractivity contribution in [2.24, 2.45) is 0 Å². The molecule has 0 amide bonds. The lowest BCUT2D eigenvalue weighted by Crippen LogP contribution is -2.35. The maximum absolute atomic E-state index is 12.8. The van der Waals surface area contributed by atoms with Crippen LogP contribution in [0.1, 0.15) is 21.6 Å². The zero-order chi connectivity index (χ0) is 10.3. The van der Waals surface area contributed by atoms with Gasteiger partial charge in [0.1, 0.15) is 6.04 Å². The van der Waals surface area contributed by atoms with Crippen LogP contribution in [0.15, 0.2) is 0 Å². The van der Waals surface area contributed by atoms with Crippen molar-refractivity contribution in [2.45, 2.75) is 25.8 Å². The Morgan fingerprint density at radius 2 is 2.29 bits per heavy atom. The minimum atomic E-state index is -2.32. The molecule has 1 aromatic heterocycles. The summed E-state index contributed by atoms with van der Waals surface area (Å²) in [7, 11) is 1.74. The fourth-order valence-corrected chi connectivity index (χ4v) is 2.97. The van der Waals surface area contributed by atoms with Crippen molar-refractivity contribution < 1.29 is 8.78 Å². The normalized spacial score (nSPS) is 22.8. The number of rotatable bonds is 1. The number of likely N-dealkylation sites (N-methyl/N-ethyl adjacent to an activating group) is 1. The van der Waals surface area contributed by atoms with Gasteiger partial charge in [0.15, 0.2) is 0 Å². The highest BCUT2D eigenvalue weighted by atomic mass is 32.1. The third-order valence-electron chi connectivity index (χ3n) is 2.52. The number of nitrogens with zero attached hydrogens (tertiary/aromatic N) is 2. The van der Waals surface area contributed by atoms with Crippen LogP contribution >= 0.6 is 11.3 Å². The molecule has 0 radical (unpaired) electrons. The molecule has 2 nitrogen and oxygen atoms in total. The average molecular weight is 218 g/mol. The Balaban J connectivity index is 2.40. The predicted molar refractivity (Wildman–Crippen MR) is 51.9 cm³/mol. The van der Waals surface area contributed by atoms with Crippen LogP contribution in [0, 0.1) is 6.92 Å². The summed E-state index contributed by atoms with van der Waals surface area (Å²) < 4.78 is 25.6. The summed E-state index contributed by atoms with van der Waals surface area (Å²) in [5.74, 6) is 0. The van der Waals surface area contributed by atoms with E-state index in [9.17, 15) is 8.78 Å². The molecular weight excluding hydrogens is 206 g/mol. The van der Waals surface area contributed by atoms with Crippen molar-refractivity contribution in [2.75, 3.05) is 13.6 Å². The quantitative estimate of drug-likeness (QED) is 0.718. The van der Waals surface area contributed by atoms with Gasteiger partial charge in [0.25, 0.3) is 6.43 Å². The van der Waals surface area contributed by atoms with Crippen LogP contribution in [-0.4, -0.2) is 29.9 Å². The van der Waals surface area contributed by atoms with Gasteiger partial charge in [-0.1, -0.05) is 0 Å². The molecule has 0 saturated heterocycles. The van der Waals surface area contributed by atoms with Gasteiger partial charge in [0, 0.05) is 13.0 Å². The lowest BCUT2D eigenvalue weighted by molar-refractivity contribution is 0.0333. The summed E-state index contributed by atoms with van der Waals surface area (Å²) in [5, 5.41) is 0.885. The first-order valence-corrected chi connectivity index (χ1v) is 5.36. The number of aromatic nitrogens is 1. The second-order valence-electron chi connectivity index (χ2n) is 3.55. The third kappa shape index (κ3) is 1.54. The SMILES string of the molecule is Cc1nc2c(s1)C(C(F)F)N(C)CC2. The van der Waals surface area contributed by atoms with Crippen LogP contribution in [0.2, 0.25) is 0 Å². The summed E-state index contributed by atoms with van der Waals surface area (Å²) in [4.78, 5) is 6.75. The van der Waals surface area contributed by atoms with Crippen LogP contribution in [0.3, 0.4) is 0 Å². The number of aryl methyl sites for hydroxylation is 1. The number of halogens is 2. The van der Waals surface area contributed by atoms with Crippen molar-refractivity contribution in [3.05, 3.63) is 15.6 Å². The van der Waals surface area contributed by atoms with E-state index in [0.717, 1.165) is 22.0 Å².